The van der Waals surface area contributed by atoms with Crippen LogP contribution in [0.1, 0.15) is 19.3 Å². The standard InChI is InChI=1S/C13H17N3O/c17-9-10-5-3-4-8-16(10)13-14-11-6-1-2-7-12(11)15-13/h1-2,6-7,10,17H,3-5,8-9H2,(H,14,15)/t10-/m0/s1. The van der Waals surface area contributed by atoms with Gasteiger partial charge in [-0.1, -0.05) is 12.1 Å². The van der Waals surface area contributed by atoms with Crippen LogP contribution in [-0.4, -0.2) is 34.3 Å². The van der Waals surface area contributed by atoms with Gasteiger partial charge in [0.2, 0.25) is 5.95 Å². The fourth-order valence-corrected chi connectivity index (χ4v) is 2.54. The van der Waals surface area contributed by atoms with Gasteiger partial charge in [0.15, 0.2) is 0 Å². The van der Waals surface area contributed by atoms with Crippen LogP contribution in [0.4, 0.5) is 5.95 Å². The highest BCUT2D eigenvalue weighted by atomic mass is 16.3. The average Bonchev–Trinajstić information content (AvgIpc) is 2.82. The number of aromatic amines is 1. The maximum atomic E-state index is 9.41. The minimum Gasteiger partial charge on any atom is -0.394 e. The highest BCUT2D eigenvalue weighted by Crippen LogP contribution is 2.24. The number of nitrogens with one attached hydrogen (secondary N) is 1. The first kappa shape index (κ1) is 10.6. The van der Waals surface area contributed by atoms with Crippen molar-refractivity contribution >= 4 is 17.0 Å². The number of piperidine rings is 1. The summed E-state index contributed by atoms with van der Waals surface area (Å²) >= 11 is 0. The van der Waals surface area contributed by atoms with Crippen LogP contribution in [0.15, 0.2) is 24.3 Å². The zero-order valence-electron chi connectivity index (χ0n) is 9.76. The summed E-state index contributed by atoms with van der Waals surface area (Å²) in [5.41, 5.74) is 2.05. The third kappa shape index (κ3) is 1.89. The summed E-state index contributed by atoms with van der Waals surface area (Å²) < 4.78 is 0. The van der Waals surface area contributed by atoms with E-state index in [2.05, 4.69) is 14.9 Å². The smallest absolute Gasteiger partial charge is 0.204 e. The number of aliphatic hydroxyl groups excluding tert-OH is 1. The van der Waals surface area contributed by atoms with Gasteiger partial charge in [-0.05, 0) is 31.4 Å². The molecule has 1 saturated heterocycles. The van der Waals surface area contributed by atoms with Gasteiger partial charge in [-0.25, -0.2) is 4.98 Å². The Morgan fingerprint density at radius 1 is 1.35 bits per heavy atom. The molecule has 1 aliphatic heterocycles. The van der Waals surface area contributed by atoms with Crippen molar-refractivity contribution in [1.82, 2.24) is 9.97 Å². The Hall–Kier alpha value is -1.55. The fourth-order valence-electron chi connectivity index (χ4n) is 2.54. The summed E-state index contributed by atoms with van der Waals surface area (Å²) in [6.07, 6.45) is 3.42. The second kappa shape index (κ2) is 4.37. The van der Waals surface area contributed by atoms with Crippen LogP contribution >= 0.6 is 0 Å². The Balaban J connectivity index is 1.96. The van der Waals surface area contributed by atoms with Crippen molar-refractivity contribution in [2.75, 3.05) is 18.1 Å². The van der Waals surface area contributed by atoms with E-state index in [1.165, 1.54) is 12.8 Å². The van der Waals surface area contributed by atoms with Crippen molar-refractivity contribution in [3.63, 3.8) is 0 Å². The minimum absolute atomic E-state index is 0.205. The molecule has 1 aromatic heterocycles. The van der Waals surface area contributed by atoms with Crippen LogP contribution in [0.2, 0.25) is 0 Å². The van der Waals surface area contributed by atoms with Gasteiger partial charge in [0.1, 0.15) is 0 Å². The molecule has 0 aliphatic carbocycles. The molecule has 0 unspecified atom stereocenters. The summed E-state index contributed by atoms with van der Waals surface area (Å²) in [6.45, 7) is 1.18. The molecule has 0 bridgehead atoms. The third-order valence-corrected chi connectivity index (χ3v) is 3.49. The Labute approximate surface area is 100 Å². The molecule has 2 heterocycles. The van der Waals surface area contributed by atoms with Gasteiger partial charge in [-0.15, -0.1) is 0 Å². The molecule has 4 heteroatoms. The van der Waals surface area contributed by atoms with E-state index in [1.807, 2.05) is 24.3 Å². The number of rotatable bonds is 2. The number of fused-ring (bicyclic) bond motifs is 1. The predicted octanol–water partition coefficient (Wildman–Crippen LogP) is 1.91. The van der Waals surface area contributed by atoms with E-state index < -0.39 is 0 Å². The van der Waals surface area contributed by atoms with Crippen LogP contribution in [0, 0.1) is 0 Å². The average molecular weight is 231 g/mol. The SMILES string of the molecule is OC[C@@H]1CCCCN1c1nc2ccccc2[nH]1. The molecule has 90 valence electrons. The maximum Gasteiger partial charge on any atom is 0.204 e. The highest BCUT2D eigenvalue weighted by Gasteiger charge is 2.23. The van der Waals surface area contributed by atoms with Gasteiger partial charge in [0.25, 0.3) is 0 Å². The zero-order chi connectivity index (χ0) is 11.7. The maximum absolute atomic E-state index is 9.41. The molecule has 0 radical (unpaired) electrons. The lowest BCUT2D eigenvalue weighted by Gasteiger charge is -2.34. The zero-order valence-corrected chi connectivity index (χ0v) is 9.76. The molecule has 0 spiro atoms. The summed E-state index contributed by atoms with van der Waals surface area (Å²) in [5, 5.41) is 9.41. The number of aromatic nitrogens is 2. The molecule has 17 heavy (non-hydrogen) atoms. The molecular formula is C13H17N3O. The predicted molar refractivity (Wildman–Crippen MR) is 68.2 cm³/mol. The number of benzene rings is 1. The van der Waals surface area contributed by atoms with Crippen molar-refractivity contribution < 1.29 is 5.11 Å². The van der Waals surface area contributed by atoms with Crippen molar-refractivity contribution in [2.45, 2.75) is 25.3 Å². The molecule has 1 aliphatic rings. The number of aliphatic hydroxyl groups is 1. The van der Waals surface area contributed by atoms with Gasteiger partial charge in [-0.3, -0.25) is 0 Å². The number of hydrogen-bond donors (Lipinski definition) is 2. The van der Waals surface area contributed by atoms with Crippen LogP contribution in [0.5, 0.6) is 0 Å². The lowest BCUT2D eigenvalue weighted by molar-refractivity contribution is 0.239. The fraction of sp³-hybridized carbons (Fsp3) is 0.462. The van der Waals surface area contributed by atoms with E-state index in [0.29, 0.717) is 0 Å². The van der Waals surface area contributed by atoms with E-state index in [9.17, 15) is 5.11 Å². The summed E-state index contributed by atoms with van der Waals surface area (Å²) in [7, 11) is 0. The van der Waals surface area contributed by atoms with Crippen molar-refractivity contribution in [3.05, 3.63) is 24.3 Å². The quantitative estimate of drug-likeness (QED) is 0.830. The van der Waals surface area contributed by atoms with E-state index >= 15 is 0 Å². The normalized spacial score (nSPS) is 21.0. The lowest BCUT2D eigenvalue weighted by atomic mass is 10.0. The summed E-state index contributed by atoms with van der Waals surface area (Å²) in [6, 6.07) is 8.25. The molecule has 2 aromatic rings. The second-order valence-corrected chi connectivity index (χ2v) is 4.60. The molecule has 1 atom stereocenters. The number of H-pyrrole nitrogens is 1. The van der Waals surface area contributed by atoms with Crippen molar-refractivity contribution in [1.29, 1.82) is 0 Å². The first-order chi connectivity index (χ1) is 8.38. The van der Waals surface area contributed by atoms with Crippen LogP contribution in [0.25, 0.3) is 11.0 Å². The monoisotopic (exact) mass is 231 g/mol. The van der Waals surface area contributed by atoms with Crippen LogP contribution < -0.4 is 4.90 Å². The summed E-state index contributed by atoms with van der Waals surface area (Å²) in [4.78, 5) is 10.1. The Morgan fingerprint density at radius 3 is 3.06 bits per heavy atom. The van der Waals surface area contributed by atoms with Gasteiger partial charge < -0.3 is 15.0 Å². The first-order valence-corrected chi connectivity index (χ1v) is 6.21. The van der Waals surface area contributed by atoms with Gasteiger partial charge in [0.05, 0.1) is 23.7 Å². The molecule has 0 amide bonds. The van der Waals surface area contributed by atoms with Crippen LogP contribution in [-0.2, 0) is 0 Å². The molecular weight excluding hydrogens is 214 g/mol. The molecule has 1 fully saturated rings. The third-order valence-electron chi connectivity index (χ3n) is 3.49. The number of imidazole rings is 1. The van der Waals surface area contributed by atoms with Crippen molar-refractivity contribution in [2.24, 2.45) is 0 Å². The number of anilines is 1. The van der Waals surface area contributed by atoms with E-state index in [-0.39, 0.29) is 12.6 Å². The molecule has 4 nitrogen and oxygen atoms in total. The number of para-hydroxylation sites is 2. The van der Waals surface area contributed by atoms with E-state index in [0.717, 1.165) is 29.9 Å². The van der Waals surface area contributed by atoms with Crippen LogP contribution in [0.3, 0.4) is 0 Å². The molecule has 0 saturated carbocycles. The number of nitrogens with zero attached hydrogens (tertiary/aromatic N) is 2. The first-order valence-electron chi connectivity index (χ1n) is 6.21. The Bertz CT molecular complexity index is 475. The van der Waals surface area contributed by atoms with E-state index in [1.54, 1.807) is 0 Å². The largest absolute Gasteiger partial charge is 0.394 e. The second-order valence-electron chi connectivity index (χ2n) is 4.60. The molecule has 3 rings (SSSR count). The molecule has 2 N–H and O–H groups in total. The number of hydrogen-bond acceptors (Lipinski definition) is 3. The molecule has 1 aromatic carbocycles. The topological polar surface area (TPSA) is 52.1 Å². The Kier molecular flexibility index (Phi) is 2.73. The van der Waals surface area contributed by atoms with E-state index in [4.69, 9.17) is 0 Å². The van der Waals surface area contributed by atoms with Gasteiger partial charge in [-0.2, -0.15) is 0 Å². The summed E-state index contributed by atoms with van der Waals surface area (Å²) in [5.74, 6) is 0.893. The van der Waals surface area contributed by atoms with Gasteiger partial charge >= 0.3 is 0 Å². The lowest BCUT2D eigenvalue weighted by Crippen LogP contribution is -2.42. The van der Waals surface area contributed by atoms with Crippen molar-refractivity contribution in [3.8, 4) is 0 Å². The van der Waals surface area contributed by atoms with Gasteiger partial charge in [0, 0.05) is 6.54 Å². The minimum atomic E-state index is 0.205. The highest BCUT2D eigenvalue weighted by molar-refractivity contribution is 5.77. The Morgan fingerprint density at radius 2 is 2.24 bits per heavy atom.